The molecule has 152 valence electrons. The number of carbonyl (C=O) groups excluding carboxylic acids is 1. The maximum Gasteiger partial charge on any atom is 0.224 e. The Morgan fingerprint density at radius 2 is 2.07 bits per heavy atom. The van der Waals surface area contributed by atoms with Crippen molar-refractivity contribution in [2.24, 2.45) is 11.8 Å². The highest BCUT2D eigenvalue weighted by Gasteiger charge is 2.41. The molecule has 1 saturated carbocycles. The lowest BCUT2D eigenvalue weighted by Crippen LogP contribution is -2.29. The van der Waals surface area contributed by atoms with Gasteiger partial charge in [-0.05, 0) is 36.8 Å². The molecule has 6 rings (SSSR count). The highest BCUT2D eigenvalue weighted by Crippen LogP contribution is 2.39. The van der Waals surface area contributed by atoms with Crippen LogP contribution in [0.25, 0.3) is 27.8 Å². The van der Waals surface area contributed by atoms with Crippen LogP contribution in [0.15, 0.2) is 37.1 Å². The zero-order chi connectivity index (χ0) is 20.2. The third kappa shape index (κ3) is 2.80. The number of pyridine rings is 1. The lowest BCUT2D eigenvalue weighted by molar-refractivity contribution is -0.128. The summed E-state index contributed by atoms with van der Waals surface area (Å²) < 4.78 is 1.90. The molecule has 2 aliphatic rings. The fourth-order valence-corrected chi connectivity index (χ4v) is 5.06. The molecule has 5 heterocycles. The van der Waals surface area contributed by atoms with Gasteiger partial charge in [-0.3, -0.25) is 9.20 Å². The number of aromatic nitrogens is 6. The van der Waals surface area contributed by atoms with Crippen molar-refractivity contribution in [1.29, 1.82) is 0 Å². The molecule has 1 aliphatic carbocycles. The Kier molecular flexibility index (Phi) is 3.77. The molecule has 3 atom stereocenters. The first-order valence-electron chi connectivity index (χ1n) is 10.3. The molecular weight excluding hydrogens is 380 g/mol. The summed E-state index contributed by atoms with van der Waals surface area (Å²) in [5, 5.41) is 12.5. The average molecular weight is 402 g/mol. The van der Waals surface area contributed by atoms with Gasteiger partial charge in [-0.15, -0.1) is 10.2 Å². The molecule has 1 aliphatic heterocycles. The Labute approximate surface area is 172 Å². The van der Waals surface area contributed by atoms with Crippen LogP contribution in [0.5, 0.6) is 0 Å². The number of carbonyl (C=O) groups is 1. The Morgan fingerprint density at radius 1 is 1.23 bits per heavy atom. The summed E-state index contributed by atoms with van der Waals surface area (Å²) in [6, 6.07) is 4.33. The van der Waals surface area contributed by atoms with Crippen LogP contribution in [0.3, 0.4) is 0 Å². The maximum absolute atomic E-state index is 11.6. The fraction of sp³-hybridized carbons (Fsp3) is 0.381. The number of hydrogen-bond acceptors (Lipinski definition) is 6. The number of H-pyrrole nitrogens is 1. The molecule has 4 aromatic heterocycles. The highest BCUT2D eigenvalue weighted by atomic mass is 16.2. The van der Waals surface area contributed by atoms with Gasteiger partial charge < -0.3 is 15.2 Å². The number of aromatic amines is 1. The van der Waals surface area contributed by atoms with Gasteiger partial charge in [-0.25, -0.2) is 4.98 Å². The Morgan fingerprint density at radius 3 is 2.87 bits per heavy atom. The summed E-state index contributed by atoms with van der Waals surface area (Å²) >= 11 is 0. The smallest absolute Gasteiger partial charge is 0.224 e. The minimum Gasteiger partial charge on any atom is -0.351 e. The number of rotatable bonds is 3. The van der Waals surface area contributed by atoms with Crippen LogP contribution in [0.4, 0.5) is 5.95 Å². The first kappa shape index (κ1) is 17.4. The second-order valence-electron chi connectivity index (χ2n) is 8.43. The SMILES string of the molecule is CC(=O)N1C[C@H]2C[C@@H](Nc3ncc4c(-c5ccc6nncn6c5)c[nH]c4n3)C[C@H]2C1. The molecule has 1 amide bonds. The molecule has 0 spiro atoms. The standard InChI is InChI=1S/C21H22N8O/c1-12(30)28-9-14-4-16(5-15(14)10-28)25-21-23-7-18-17(6-22-20(18)26-21)13-2-3-19-27-24-11-29(19)8-13/h2-3,6-8,11,14-16H,4-5,9-10H2,1H3,(H2,22,23,25,26)/t14-,15+,16-. The number of amides is 1. The average Bonchev–Trinajstić information content (AvgIpc) is 3.49. The number of nitrogens with zero attached hydrogens (tertiary/aromatic N) is 6. The van der Waals surface area contributed by atoms with Gasteiger partial charge in [0, 0.05) is 61.2 Å². The van der Waals surface area contributed by atoms with E-state index in [9.17, 15) is 4.79 Å². The minimum atomic E-state index is 0.189. The third-order valence-electron chi connectivity index (χ3n) is 6.56. The zero-order valence-electron chi connectivity index (χ0n) is 16.6. The lowest BCUT2D eigenvalue weighted by atomic mass is 10.0. The van der Waals surface area contributed by atoms with E-state index in [1.54, 1.807) is 13.3 Å². The van der Waals surface area contributed by atoms with Gasteiger partial charge in [0.15, 0.2) is 5.65 Å². The largest absolute Gasteiger partial charge is 0.351 e. The van der Waals surface area contributed by atoms with Crippen molar-refractivity contribution in [1.82, 2.24) is 34.4 Å². The van der Waals surface area contributed by atoms with Crippen molar-refractivity contribution in [2.45, 2.75) is 25.8 Å². The van der Waals surface area contributed by atoms with Gasteiger partial charge in [0.1, 0.15) is 12.0 Å². The van der Waals surface area contributed by atoms with E-state index in [1.807, 2.05) is 40.0 Å². The van der Waals surface area contributed by atoms with Crippen molar-refractivity contribution in [3.05, 3.63) is 37.1 Å². The van der Waals surface area contributed by atoms with Crippen molar-refractivity contribution < 1.29 is 4.79 Å². The molecular formula is C21H22N8O. The summed E-state index contributed by atoms with van der Waals surface area (Å²) in [6.45, 7) is 3.43. The summed E-state index contributed by atoms with van der Waals surface area (Å²) in [7, 11) is 0. The predicted octanol–water partition coefficient (Wildman–Crippen LogP) is 2.34. The molecule has 9 heteroatoms. The summed E-state index contributed by atoms with van der Waals surface area (Å²) in [5.74, 6) is 2.01. The maximum atomic E-state index is 11.6. The van der Waals surface area contributed by atoms with Crippen molar-refractivity contribution in [3.63, 3.8) is 0 Å². The molecule has 9 nitrogen and oxygen atoms in total. The molecule has 1 saturated heterocycles. The van der Waals surface area contributed by atoms with E-state index in [0.29, 0.717) is 23.8 Å². The van der Waals surface area contributed by atoms with Crippen LogP contribution < -0.4 is 5.32 Å². The number of likely N-dealkylation sites (tertiary alicyclic amines) is 1. The molecule has 0 bridgehead atoms. The van der Waals surface area contributed by atoms with Gasteiger partial charge in [-0.2, -0.15) is 4.98 Å². The monoisotopic (exact) mass is 402 g/mol. The van der Waals surface area contributed by atoms with Crippen molar-refractivity contribution in [3.8, 4) is 11.1 Å². The normalized spacial score (nSPS) is 23.4. The van der Waals surface area contributed by atoms with Crippen molar-refractivity contribution >= 4 is 28.5 Å². The zero-order valence-corrected chi connectivity index (χ0v) is 16.6. The quantitative estimate of drug-likeness (QED) is 0.545. The van der Waals surface area contributed by atoms with Gasteiger partial charge in [0.2, 0.25) is 11.9 Å². The predicted molar refractivity (Wildman–Crippen MR) is 112 cm³/mol. The van der Waals surface area contributed by atoms with Gasteiger partial charge in [-0.1, -0.05) is 0 Å². The van der Waals surface area contributed by atoms with Crippen LogP contribution in [-0.2, 0) is 4.79 Å². The summed E-state index contributed by atoms with van der Waals surface area (Å²) in [4.78, 5) is 26.1. The molecule has 0 unspecified atom stereocenters. The molecule has 2 N–H and O–H groups in total. The molecule has 2 fully saturated rings. The van der Waals surface area contributed by atoms with Crippen LogP contribution in [0.2, 0.25) is 0 Å². The Hall–Kier alpha value is -3.49. The number of fused-ring (bicyclic) bond motifs is 3. The lowest BCUT2D eigenvalue weighted by Gasteiger charge is -2.18. The molecule has 30 heavy (non-hydrogen) atoms. The van der Waals surface area contributed by atoms with Crippen molar-refractivity contribution in [2.75, 3.05) is 18.4 Å². The Bertz CT molecular complexity index is 1250. The number of nitrogens with one attached hydrogen (secondary N) is 2. The first-order chi connectivity index (χ1) is 14.6. The summed E-state index contributed by atoms with van der Waals surface area (Å²) in [5.41, 5.74) is 3.73. The summed E-state index contributed by atoms with van der Waals surface area (Å²) in [6.07, 6.45) is 9.66. The van der Waals surface area contributed by atoms with E-state index in [0.717, 1.165) is 53.7 Å². The van der Waals surface area contributed by atoms with Crippen LogP contribution in [0.1, 0.15) is 19.8 Å². The van der Waals surface area contributed by atoms with E-state index in [2.05, 4.69) is 25.5 Å². The van der Waals surface area contributed by atoms with Crippen LogP contribution in [-0.4, -0.2) is 59.5 Å². The highest BCUT2D eigenvalue weighted by molar-refractivity contribution is 5.93. The number of anilines is 1. The van der Waals surface area contributed by atoms with E-state index in [4.69, 9.17) is 4.98 Å². The molecule has 0 radical (unpaired) electrons. The van der Waals surface area contributed by atoms with Gasteiger partial charge in [0.25, 0.3) is 0 Å². The van der Waals surface area contributed by atoms with E-state index in [1.165, 1.54) is 0 Å². The molecule has 4 aromatic rings. The third-order valence-corrected chi connectivity index (χ3v) is 6.56. The number of hydrogen-bond donors (Lipinski definition) is 2. The van der Waals surface area contributed by atoms with Gasteiger partial charge >= 0.3 is 0 Å². The van der Waals surface area contributed by atoms with Gasteiger partial charge in [0.05, 0.1) is 0 Å². The van der Waals surface area contributed by atoms with E-state index < -0.39 is 0 Å². The van der Waals surface area contributed by atoms with Crippen LogP contribution >= 0.6 is 0 Å². The second-order valence-corrected chi connectivity index (χ2v) is 8.43. The Balaban J connectivity index is 1.21. The van der Waals surface area contributed by atoms with Crippen LogP contribution in [0, 0.1) is 11.8 Å². The van der Waals surface area contributed by atoms with E-state index >= 15 is 0 Å². The fourth-order valence-electron chi connectivity index (χ4n) is 5.06. The second kappa shape index (κ2) is 6.51. The molecule has 0 aromatic carbocycles. The minimum absolute atomic E-state index is 0.189. The topological polar surface area (TPSA) is 104 Å². The first-order valence-corrected chi connectivity index (χ1v) is 10.3. The van der Waals surface area contributed by atoms with E-state index in [-0.39, 0.29) is 5.91 Å².